The summed E-state index contributed by atoms with van der Waals surface area (Å²) in [6.45, 7) is 0. The molecule has 4 rings (SSSR count). The molecule has 1 aliphatic heterocycles. The molecule has 140 valence electrons. The zero-order valence-corrected chi connectivity index (χ0v) is 15.4. The minimum atomic E-state index is -0.375. The molecule has 7 nitrogen and oxygen atoms in total. The normalized spacial score (nSPS) is 15.9. The predicted molar refractivity (Wildman–Crippen MR) is 107 cm³/mol. The van der Waals surface area contributed by atoms with Crippen molar-refractivity contribution >= 4 is 41.4 Å². The molecule has 0 saturated carbocycles. The molecule has 2 heterocycles. The Balaban J connectivity index is 1.52. The van der Waals surface area contributed by atoms with Gasteiger partial charge in [0.25, 0.3) is 11.9 Å². The molecule has 0 radical (unpaired) electrons. The third kappa shape index (κ3) is 3.94. The molecule has 28 heavy (non-hydrogen) atoms. The molecule has 1 atom stereocenters. The van der Waals surface area contributed by atoms with Crippen LogP contribution in [0, 0.1) is 0 Å². The summed E-state index contributed by atoms with van der Waals surface area (Å²) in [6, 6.07) is 16.4. The first-order chi connectivity index (χ1) is 13.6. The topological polar surface area (TPSA) is 88.9 Å². The van der Waals surface area contributed by atoms with Crippen LogP contribution in [0.1, 0.15) is 23.6 Å². The van der Waals surface area contributed by atoms with E-state index in [1.807, 2.05) is 30.3 Å². The molecule has 0 unspecified atom stereocenters. The Bertz CT molecular complexity index is 1040. The van der Waals surface area contributed by atoms with Crippen molar-refractivity contribution in [3.05, 3.63) is 76.8 Å². The van der Waals surface area contributed by atoms with Crippen molar-refractivity contribution < 1.29 is 9.59 Å². The third-order valence-electron chi connectivity index (χ3n) is 4.27. The number of carbonyl (C=O) groups excluding carboxylic acids is 2. The Hall–Kier alpha value is -3.45. The van der Waals surface area contributed by atoms with Gasteiger partial charge in [0.05, 0.1) is 12.5 Å². The van der Waals surface area contributed by atoms with Crippen LogP contribution < -0.4 is 10.6 Å². The Morgan fingerprint density at radius 3 is 2.68 bits per heavy atom. The Morgan fingerprint density at radius 1 is 1.18 bits per heavy atom. The highest BCUT2D eigenvalue weighted by atomic mass is 35.5. The molecule has 2 aromatic carbocycles. The molecular weight excluding hydrogens is 378 g/mol. The largest absolute Gasteiger partial charge is 0.295 e. The highest BCUT2D eigenvalue weighted by Crippen LogP contribution is 2.29. The molecule has 8 heteroatoms. The molecule has 2 N–H and O–H groups in total. The van der Waals surface area contributed by atoms with Gasteiger partial charge in [0, 0.05) is 11.1 Å². The van der Waals surface area contributed by atoms with E-state index >= 15 is 0 Å². The fraction of sp³-hybridized carbons (Fsp3) is 0.100. The number of nitrogens with one attached hydrogen (secondary N) is 2. The summed E-state index contributed by atoms with van der Waals surface area (Å²) >= 11 is 5.85. The van der Waals surface area contributed by atoms with Crippen LogP contribution in [0.25, 0.3) is 6.08 Å². The average molecular weight is 394 g/mol. The number of anilines is 2. The van der Waals surface area contributed by atoms with Crippen LogP contribution in [0.4, 0.5) is 11.9 Å². The molecule has 3 aromatic rings. The smallest absolute Gasteiger partial charge is 0.250 e. The lowest BCUT2D eigenvalue weighted by molar-refractivity contribution is -0.117. The third-order valence-corrected chi connectivity index (χ3v) is 4.52. The van der Waals surface area contributed by atoms with Crippen molar-refractivity contribution in [1.82, 2.24) is 14.8 Å². The Kier molecular flexibility index (Phi) is 4.90. The first-order valence-corrected chi connectivity index (χ1v) is 9.02. The second-order valence-corrected chi connectivity index (χ2v) is 6.69. The van der Waals surface area contributed by atoms with Gasteiger partial charge >= 0.3 is 0 Å². The van der Waals surface area contributed by atoms with Crippen LogP contribution in [0.5, 0.6) is 0 Å². The summed E-state index contributed by atoms with van der Waals surface area (Å²) in [6.07, 6.45) is 3.30. The van der Waals surface area contributed by atoms with Crippen molar-refractivity contribution in [2.75, 3.05) is 10.6 Å². The summed E-state index contributed by atoms with van der Waals surface area (Å²) in [4.78, 5) is 28.4. The minimum absolute atomic E-state index is 0.129. The molecular formula is C20H16ClN5O2. The molecule has 0 aliphatic carbocycles. The number of rotatable bonds is 4. The number of carbonyl (C=O) groups is 2. The van der Waals surface area contributed by atoms with Gasteiger partial charge in [-0.2, -0.15) is 4.98 Å². The zero-order valence-electron chi connectivity index (χ0n) is 14.7. The van der Waals surface area contributed by atoms with Crippen molar-refractivity contribution in [2.45, 2.75) is 12.5 Å². The van der Waals surface area contributed by atoms with Gasteiger partial charge in [0.2, 0.25) is 11.9 Å². The molecule has 1 aliphatic rings. The maximum atomic E-state index is 12.2. The lowest BCUT2D eigenvalue weighted by Gasteiger charge is -2.23. The maximum Gasteiger partial charge on any atom is 0.250 e. The van der Waals surface area contributed by atoms with E-state index in [1.54, 1.807) is 35.0 Å². The van der Waals surface area contributed by atoms with Crippen LogP contribution in [-0.2, 0) is 9.59 Å². The molecule has 0 spiro atoms. The molecule has 2 amide bonds. The molecule has 0 bridgehead atoms. The second-order valence-electron chi connectivity index (χ2n) is 6.26. The number of nitrogens with zero attached hydrogens (tertiary/aromatic N) is 3. The first kappa shape index (κ1) is 17.9. The van der Waals surface area contributed by atoms with E-state index in [0.29, 0.717) is 11.0 Å². The van der Waals surface area contributed by atoms with Crippen LogP contribution in [0.2, 0.25) is 5.02 Å². The Labute approximate surface area is 166 Å². The number of amides is 2. The number of aromatic nitrogens is 3. The van der Waals surface area contributed by atoms with Crippen LogP contribution in [0.3, 0.4) is 0 Å². The summed E-state index contributed by atoms with van der Waals surface area (Å²) in [7, 11) is 0. The second kappa shape index (κ2) is 7.66. The van der Waals surface area contributed by atoms with E-state index in [-0.39, 0.29) is 30.2 Å². The highest BCUT2D eigenvalue weighted by Gasteiger charge is 2.29. The van der Waals surface area contributed by atoms with E-state index < -0.39 is 0 Å². The number of halogens is 1. The summed E-state index contributed by atoms with van der Waals surface area (Å²) < 4.78 is 1.62. The van der Waals surface area contributed by atoms with Gasteiger partial charge in [-0.05, 0) is 29.3 Å². The van der Waals surface area contributed by atoms with Gasteiger partial charge < -0.3 is 0 Å². The van der Waals surface area contributed by atoms with Gasteiger partial charge in [-0.3, -0.25) is 20.2 Å². The van der Waals surface area contributed by atoms with Gasteiger partial charge in [-0.1, -0.05) is 54.1 Å². The van der Waals surface area contributed by atoms with Crippen LogP contribution >= 0.6 is 11.6 Å². The lowest BCUT2D eigenvalue weighted by Crippen LogP contribution is -2.29. The van der Waals surface area contributed by atoms with Gasteiger partial charge in [-0.25, -0.2) is 4.68 Å². The van der Waals surface area contributed by atoms with Gasteiger partial charge in [-0.15, -0.1) is 5.10 Å². The number of benzene rings is 2. The zero-order chi connectivity index (χ0) is 19.5. The van der Waals surface area contributed by atoms with E-state index in [2.05, 4.69) is 20.7 Å². The van der Waals surface area contributed by atoms with Crippen molar-refractivity contribution in [1.29, 1.82) is 0 Å². The minimum Gasteiger partial charge on any atom is -0.295 e. The van der Waals surface area contributed by atoms with Gasteiger partial charge in [0.15, 0.2) is 0 Å². The number of hydrogen-bond donors (Lipinski definition) is 2. The first-order valence-electron chi connectivity index (χ1n) is 8.64. The van der Waals surface area contributed by atoms with E-state index in [0.717, 1.165) is 11.1 Å². The monoisotopic (exact) mass is 393 g/mol. The predicted octanol–water partition coefficient (Wildman–Crippen LogP) is 3.52. The maximum absolute atomic E-state index is 12.2. The molecule has 0 fully saturated rings. The lowest BCUT2D eigenvalue weighted by atomic mass is 10.0. The Morgan fingerprint density at radius 2 is 1.93 bits per heavy atom. The standard InChI is InChI=1S/C20H16ClN5O2/c21-15-9-6-13(7-10-15)8-11-17(27)22-19-24-20-23-18(28)12-16(26(20)25-19)14-4-2-1-3-5-14/h1-11,16H,12H2,(H2,22,23,24,25,27,28)/b11-8+/t16-/m1/s1. The quantitative estimate of drug-likeness (QED) is 0.664. The summed E-state index contributed by atoms with van der Waals surface area (Å²) in [5.74, 6) is -0.0827. The van der Waals surface area contributed by atoms with Crippen molar-refractivity contribution in [3.63, 3.8) is 0 Å². The fourth-order valence-corrected chi connectivity index (χ4v) is 3.07. The van der Waals surface area contributed by atoms with E-state index in [4.69, 9.17) is 11.6 Å². The number of fused-ring (bicyclic) bond motifs is 1. The fourth-order valence-electron chi connectivity index (χ4n) is 2.95. The van der Waals surface area contributed by atoms with Gasteiger partial charge in [0.1, 0.15) is 0 Å². The summed E-state index contributed by atoms with van der Waals surface area (Å²) in [5, 5.41) is 10.3. The molecule has 1 aromatic heterocycles. The van der Waals surface area contributed by atoms with Crippen molar-refractivity contribution in [3.8, 4) is 0 Å². The molecule has 0 saturated heterocycles. The average Bonchev–Trinajstić information content (AvgIpc) is 3.09. The van der Waals surface area contributed by atoms with E-state index in [1.165, 1.54) is 6.08 Å². The number of hydrogen-bond acceptors (Lipinski definition) is 4. The van der Waals surface area contributed by atoms with Crippen LogP contribution in [-0.4, -0.2) is 26.6 Å². The highest BCUT2D eigenvalue weighted by molar-refractivity contribution is 6.30. The SMILES string of the molecule is O=C(/C=C/c1ccc(Cl)cc1)Nc1nc2n(n1)[C@@H](c1ccccc1)CC(=O)N2. The van der Waals surface area contributed by atoms with Crippen molar-refractivity contribution in [2.24, 2.45) is 0 Å². The van der Waals surface area contributed by atoms with Crippen LogP contribution in [0.15, 0.2) is 60.7 Å². The van der Waals surface area contributed by atoms with E-state index in [9.17, 15) is 9.59 Å². The summed E-state index contributed by atoms with van der Waals surface area (Å²) in [5.41, 5.74) is 1.79.